The van der Waals surface area contributed by atoms with Gasteiger partial charge in [-0.1, -0.05) is 19.1 Å². The maximum Gasteiger partial charge on any atom is 0.270 e. The molecule has 0 saturated carbocycles. The first-order valence-corrected chi connectivity index (χ1v) is 13.3. The van der Waals surface area contributed by atoms with Crippen molar-refractivity contribution in [1.82, 2.24) is 13.8 Å². The third kappa shape index (κ3) is 4.55. The van der Waals surface area contributed by atoms with Crippen molar-refractivity contribution in [1.29, 1.82) is 0 Å². The van der Waals surface area contributed by atoms with Crippen LogP contribution in [0.25, 0.3) is 0 Å². The van der Waals surface area contributed by atoms with Gasteiger partial charge >= 0.3 is 0 Å². The molecule has 1 atom stereocenters. The second-order valence-electron chi connectivity index (χ2n) is 9.76. The Labute approximate surface area is 198 Å². The summed E-state index contributed by atoms with van der Waals surface area (Å²) in [6.07, 6.45) is 1.98. The second kappa shape index (κ2) is 9.14. The topological polar surface area (TPSA) is 65.9 Å². The summed E-state index contributed by atoms with van der Waals surface area (Å²) < 4.78 is 30.6. The number of rotatable bonds is 4. The third-order valence-electron chi connectivity index (χ3n) is 7.32. The second-order valence-corrected chi connectivity index (χ2v) is 11.7. The van der Waals surface area contributed by atoms with Gasteiger partial charge in [0.1, 0.15) is 10.6 Å². The Balaban J connectivity index is 1.54. The normalized spacial score (nSPS) is 20.9. The first-order chi connectivity index (χ1) is 15.6. The number of piperidine rings is 1. The number of hydrogen-bond acceptors (Lipinski definition) is 4. The largest absolute Gasteiger partial charge is 0.366 e. The van der Waals surface area contributed by atoms with E-state index in [0.29, 0.717) is 36.9 Å². The number of amides is 1. The molecule has 1 aromatic heterocycles. The Kier molecular flexibility index (Phi) is 6.60. The highest BCUT2D eigenvalue weighted by Gasteiger charge is 2.35. The van der Waals surface area contributed by atoms with Crippen molar-refractivity contribution in [3.63, 3.8) is 0 Å². The smallest absolute Gasteiger partial charge is 0.270 e. The van der Waals surface area contributed by atoms with Gasteiger partial charge in [-0.3, -0.25) is 4.79 Å². The zero-order valence-corrected chi connectivity index (χ0v) is 21.2. The molecule has 2 aliphatic heterocycles. The highest BCUT2D eigenvalue weighted by Crippen LogP contribution is 2.29. The number of anilines is 1. The summed E-state index contributed by atoms with van der Waals surface area (Å²) in [5, 5.41) is 0. The number of benzene rings is 1. The lowest BCUT2D eigenvalue weighted by Crippen LogP contribution is -2.53. The fraction of sp³-hybridized carbons (Fsp3) is 0.560. The van der Waals surface area contributed by atoms with E-state index in [1.165, 1.54) is 5.56 Å². The van der Waals surface area contributed by atoms with Crippen LogP contribution in [-0.2, 0) is 17.1 Å². The number of carbonyl (C=O) groups is 1. The quantitative estimate of drug-likeness (QED) is 0.684. The molecule has 1 amide bonds. The van der Waals surface area contributed by atoms with E-state index >= 15 is 0 Å². The van der Waals surface area contributed by atoms with E-state index in [-0.39, 0.29) is 16.8 Å². The molecule has 0 N–H and O–H groups in total. The lowest BCUT2D eigenvalue weighted by atomic mass is 9.99. The molecule has 0 radical (unpaired) electrons. The molecule has 2 fully saturated rings. The fourth-order valence-electron chi connectivity index (χ4n) is 4.98. The van der Waals surface area contributed by atoms with E-state index in [0.717, 1.165) is 31.6 Å². The maximum atomic E-state index is 13.6. The van der Waals surface area contributed by atoms with Crippen LogP contribution in [-0.4, -0.2) is 66.9 Å². The fourth-order valence-corrected chi connectivity index (χ4v) is 6.77. The van der Waals surface area contributed by atoms with E-state index in [4.69, 9.17) is 0 Å². The summed E-state index contributed by atoms with van der Waals surface area (Å²) in [7, 11) is -1.91. The highest BCUT2D eigenvalue weighted by atomic mass is 32.2. The van der Waals surface area contributed by atoms with Crippen molar-refractivity contribution in [2.45, 2.75) is 51.5 Å². The number of aryl methyl sites for hydroxylation is 1. The minimum Gasteiger partial charge on any atom is -0.366 e. The van der Waals surface area contributed by atoms with E-state index in [2.05, 4.69) is 43.9 Å². The molecule has 33 heavy (non-hydrogen) atoms. The Morgan fingerprint density at radius 2 is 1.70 bits per heavy atom. The molecule has 2 aromatic rings. The molecule has 0 aliphatic carbocycles. The lowest BCUT2D eigenvalue weighted by molar-refractivity contribution is 0.0687. The summed E-state index contributed by atoms with van der Waals surface area (Å²) >= 11 is 0. The summed E-state index contributed by atoms with van der Waals surface area (Å²) in [6.45, 7) is 11.0. The summed E-state index contributed by atoms with van der Waals surface area (Å²) in [5.74, 6) is 0.548. The molecule has 4 rings (SSSR count). The Morgan fingerprint density at radius 3 is 2.33 bits per heavy atom. The number of piperazine rings is 1. The number of likely N-dealkylation sites (tertiary alicyclic amines) is 1. The van der Waals surface area contributed by atoms with Crippen LogP contribution < -0.4 is 4.90 Å². The van der Waals surface area contributed by atoms with E-state index in [1.54, 1.807) is 28.9 Å². The van der Waals surface area contributed by atoms with Crippen molar-refractivity contribution in [3.8, 4) is 0 Å². The van der Waals surface area contributed by atoms with Crippen LogP contribution in [0.4, 0.5) is 5.69 Å². The maximum absolute atomic E-state index is 13.6. The monoisotopic (exact) mass is 472 g/mol. The standard InChI is InChI=1S/C25H36N4O3S/c1-18-9-11-27(12-10-18)25(30)23-16-24(21(4)26(23)5)33(31,32)28-13-14-29(20(3)17-28)22-8-6-7-19(2)15-22/h6-8,15-16,18,20H,9-14,17H2,1-5H3/t20-/m0/s1. The molecule has 8 heteroatoms. The van der Waals surface area contributed by atoms with Crippen LogP contribution in [0.1, 0.15) is 48.4 Å². The van der Waals surface area contributed by atoms with Crippen molar-refractivity contribution in [2.24, 2.45) is 13.0 Å². The van der Waals surface area contributed by atoms with Gasteiger partial charge in [0, 0.05) is 57.2 Å². The molecule has 2 aliphatic rings. The Bertz CT molecular complexity index is 1130. The molecule has 7 nitrogen and oxygen atoms in total. The van der Waals surface area contributed by atoms with Gasteiger partial charge in [0.2, 0.25) is 10.0 Å². The number of sulfonamides is 1. The van der Waals surface area contributed by atoms with Crippen LogP contribution in [0.2, 0.25) is 0 Å². The number of nitrogens with zero attached hydrogens (tertiary/aromatic N) is 4. The zero-order chi connectivity index (χ0) is 23.9. The van der Waals surface area contributed by atoms with E-state index < -0.39 is 10.0 Å². The first-order valence-electron chi connectivity index (χ1n) is 11.9. The Morgan fingerprint density at radius 1 is 1.00 bits per heavy atom. The molecule has 1 aromatic carbocycles. The number of carbonyl (C=O) groups excluding carboxylic acids is 1. The Hall–Kier alpha value is -2.32. The molecule has 2 saturated heterocycles. The van der Waals surface area contributed by atoms with E-state index in [9.17, 15) is 13.2 Å². The van der Waals surface area contributed by atoms with Crippen LogP contribution in [0.5, 0.6) is 0 Å². The van der Waals surface area contributed by atoms with Crippen LogP contribution in [0.15, 0.2) is 35.2 Å². The van der Waals surface area contributed by atoms with Crippen molar-refractivity contribution >= 4 is 21.6 Å². The van der Waals surface area contributed by atoms with Crippen molar-refractivity contribution in [2.75, 3.05) is 37.6 Å². The van der Waals surface area contributed by atoms with E-state index in [1.807, 2.05) is 11.0 Å². The SMILES string of the molecule is Cc1cccc(N2CCN(S(=O)(=O)c3cc(C(=O)N4CCC(C)CC4)n(C)c3C)C[C@@H]2C)c1. The highest BCUT2D eigenvalue weighted by molar-refractivity contribution is 7.89. The molecular weight excluding hydrogens is 436 g/mol. The first kappa shape index (κ1) is 23.8. The van der Waals surface area contributed by atoms with Gasteiger partial charge in [-0.05, 0) is 63.3 Å². The number of hydrogen-bond donors (Lipinski definition) is 0. The summed E-state index contributed by atoms with van der Waals surface area (Å²) in [5.41, 5.74) is 3.37. The third-order valence-corrected chi connectivity index (χ3v) is 9.30. The predicted octanol–water partition coefficient (Wildman–Crippen LogP) is 3.41. The van der Waals surface area contributed by atoms with Crippen LogP contribution >= 0.6 is 0 Å². The average molecular weight is 473 g/mol. The van der Waals surface area contributed by atoms with Crippen LogP contribution in [0.3, 0.4) is 0 Å². The average Bonchev–Trinajstić information content (AvgIpc) is 3.09. The molecule has 180 valence electrons. The molecule has 3 heterocycles. The number of aromatic nitrogens is 1. The van der Waals surface area contributed by atoms with Crippen molar-refractivity contribution in [3.05, 3.63) is 47.3 Å². The van der Waals surface area contributed by atoms with Gasteiger partial charge in [-0.15, -0.1) is 0 Å². The zero-order valence-electron chi connectivity index (χ0n) is 20.4. The van der Waals surface area contributed by atoms with Gasteiger partial charge in [-0.2, -0.15) is 4.31 Å². The van der Waals surface area contributed by atoms with Gasteiger partial charge in [-0.25, -0.2) is 8.42 Å². The van der Waals surface area contributed by atoms with Gasteiger partial charge < -0.3 is 14.4 Å². The predicted molar refractivity (Wildman–Crippen MR) is 131 cm³/mol. The van der Waals surface area contributed by atoms with Gasteiger partial charge in [0.25, 0.3) is 5.91 Å². The van der Waals surface area contributed by atoms with Crippen molar-refractivity contribution < 1.29 is 13.2 Å². The lowest BCUT2D eigenvalue weighted by Gasteiger charge is -2.40. The minimum atomic E-state index is -3.70. The summed E-state index contributed by atoms with van der Waals surface area (Å²) in [4.78, 5) is 17.5. The van der Waals surface area contributed by atoms with Gasteiger partial charge in [0.05, 0.1) is 0 Å². The minimum absolute atomic E-state index is 0.0517. The molecular formula is C25H36N4O3S. The van der Waals surface area contributed by atoms with Gasteiger partial charge in [0.15, 0.2) is 0 Å². The van der Waals surface area contributed by atoms with Crippen LogP contribution in [0, 0.1) is 19.8 Å². The summed E-state index contributed by atoms with van der Waals surface area (Å²) in [6, 6.07) is 9.96. The molecule has 0 spiro atoms. The molecule has 0 bridgehead atoms. The molecule has 0 unspecified atom stereocenters.